The number of methoxy groups -OCH3 is 1. The second kappa shape index (κ2) is 20.9. The molecular weight excluding hydrogens is 370 g/mol. The van der Waals surface area contributed by atoms with Gasteiger partial charge < -0.3 is 20.7 Å². The quantitative estimate of drug-likeness (QED) is 0.220. The summed E-state index contributed by atoms with van der Waals surface area (Å²) in [6.45, 7) is 3.32. The third-order valence-corrected chi connectivity index (χ3v) is 4.86. The number of carbonyl (C=O) groups excluding carboxylic acids is 3. The minimum absolute atomic E-state index is 0.0374. The van der Waals surface area contributed by atoms with Gasteiger partial charge in [-0.1, -0.05) is 70.6 Å². The van der Waals surface area contributed by atoms with Crippen LogP contribution in [0, 0.1) is 0 Å². The first kappa shape index (κ1) is 27.2. The van der Waals surface area contributed by atoms with Gasteiger partial charge in [0.15, 0.2) is 0 Å². The summed E-state index contributed by atoms with van der Waals surface area (Å²) in [6.07, 6.45) is 16.2. The van der Waals surface area contributed by atoms with Crippen LogP contribution in [0.2, 0.25) is 0 Å². The van der Waals surface area contributed by atoms with E-state index in [1.807, 2.05) is 6.92 Å². The van der Waals surface area contributed by atoms with Crippen molar-refractivity contribution in [3.8, 4) is 0 Å². The van der Waals surface area contributed by atoms with Crippen LogP contribution in [0.1, 0.15) is 96.8 Å². The zero-order valence-corrected chi connectivity index (χ0v) is 18.7. The van der Waals surface area contributed by atoms with Gasteiger partial charge in [-0.25, -0.2) is 4.79 Å². The van der Waals surface area contributed by atoms with Crippen molar-refractivity contribution in [2.45, 2.75) is 96.8 Å². The van der Waals surface area contributed by atoms with E-state index in [1.54, 1.807) is 0 Å². The van der Waals surface area contributed by atoms with Crippen molar-refractivity contribution in [1.82, 2.24) is 16.0 Å². The molecule has 3 amide bonds. The summed E-state index contributed by atoms with van der Waals surface area (Å²) >= 11 is 0. The molecule has 170 valence electrons. The fourth-order valence-corrected chi connectivity index (χ4v) is 3.11. The molecule has 0 aliphatic carbocycles. The minimum atomic E-state index is -0.413. The van der Waals surface area contributed by atoms with Crippen molar-refractivity contribution in [2.75, 3.05) is 26.7 Å². The lowest BCUT2D eigenvalue weighted by molar-refractivity contribution is -0.141. The van der Waals surface area contributed by atoms with E-state index < -0.39 is 5.97 Å². The molecule has 0 rings (SSSR count). The highest BCUT2D eigenvalue weighted by molar-refractivity contribution is 5.81. The van der Waals surface area contributed by atoms with Crippen LogP contribution in [0.5, 0.6) is 0 Å². The summed E-state index contributed by atoms with van der Waals surface area (Å²) in [6, 6.07) is -0.0614. The summed E-state index contributed by atoms with van der Waals surface area (Å²) in [5.41, 5.74) is 0. The zero-order valence-electron chi connectivity index (χ0n) is 18.7. The zero-order chi connectivity index (χ0) is 21.6. The Morgan fingerprint density at radius 2 is 1.14 bits per heavy atom. The lowest BCUT2D eigenvalue weighted by Gasteiger charge is -2.06. The molecule has 0 saturated heterocycles. The molecular formula is C22H43N3O4. The first-order chi connectivity index (χ1) is 14.1. The highest BCUT2D eigenvalue weighted by Gasteiger charge is 2.04. The Morgan fingerprint density at radius 3 is 1.62 bits per heavy atom. The van der Waals surface area contributed by atoms with Crippen LogP contribution >= 0.6 is 0 Å². The summed E-state index contributed by atoms with van der Waals surface area (Å²) in [5.74, 6) is -0.488. The second-order valence-electron chi connectivity index (χ2n) is 7.49. The lowest BCUT2D eigenvalue weighted by atomic mass is 10.0. The Bertz CT molecular complexity index is 430. The fourth-order valence-electron chi connectivity index (χ4n) is 3.11. The van der Waals surface area contributed by atoms with Gasteiger partial charge in [0.1, 0.15) is 6.54 Å². The van der Waals surface area contributed by atoms with Gasteiger partial charge in [0.25, 0.3) is 0 Å². The normalized spacial score (nSPS) is 10.4. The Hall–Kier alpha value is -1.79. The van der Waals surface area contributed by atoms with Crippen LogP contribution in [-0.4, -0.2) is 44.7 Å². The van der Waals surface area contributed by atoms with E-state index in [-0.39, 0.29) is 18.5 Å². The second-order valence-corrected chi connectivity index (χ2v) is 7.49. The average Bonchev–Trinajstić information content (AvgIpc) is 2.71. The molecule has 0 spiro atoms. The molecule has 0 aliphatic rings. The number of rotatable bonds is 19. The van der Waals surface area contributed by atoms with Gasteiger partial charge >= 0.3 is 12.0 Å². The van der Waals surface area contributed by atoms with Gasteiger partial charge in [-0.3, -0.25) is 9.59 Å². The number of nitrogens with one attached hydrogen (secondary N) is 3. The van der Waals surface area contributed by atoms with E-state index in [4.69, 9.17) is 0 Å². The average molecular weight is 414 g/mol. The molecule has 0 aromatic rings. The first-order valence-electron chi connectivity index (χ1n) is 11.4. The number of urea groups is 1. The van der Waals surface area contributed by atoms with Gasteiger partial charge in [-0.05, 0) is 19.8 Å². The standard InChI is InChI=1S/C22H43N3O4/c1-3-23-22(28)24-18-16-14-12-10-8-6-4-5-7-9-11-13-15-17-20(26)25-19-21(27)29-2/h3-19H2,1-2H3,(H,25,26)(H2,23,24,28). The van der Waals surface area contributed by atoms with Crippen LogP contribution in [-0.2, 0) is 14.3 Å². The molecule has 7 heteroatoms. The maximum absolute atomic E-state index is 11.5. The predicted octanol–water partition coefficient (Wildman–Crippen LogP) is 4.06. The highest BCUT2D eigenvalue weighted by atomic mass is 16.5. The SMILES string of the molecule is CCNC(=O)NCCCCCCCCCCCCCCCC(=O)NCC(=O)OC. The molecule has 29 heavy (non-hydrogen) atoms. The molecule has 0 heterocycles. The molecule has 7 nitrogen and oxygen atoms in total. The molecule has 0 bridgehead atoms. The van der Waals surface area contributed by atoms with Gasteiger partial charge in [0, 0.05) is 19.5 Å². The topological polar surface area (TPSA) is 96.5 Å². The van der Waals surface area contributed by atoms with Crippen LogP contribution in [0.25, 0.3) is 0 Å². The van der Waals surface area contributed by atoms with E-state index in [0.717, 1.165) is 25.8 Å². The van der Waals surface area contributed by atoms with E-state index >= 15 is 0 Å². The van der Waals surface area contributed by atoms with E-state index in [9.17, 15) is 14.4 Å². The molecule has 0 aromatic carbocycles. The van der Waals surface area contributed by atoms with E-state index in [1.165, 1.54) is 71.3 Å². The molecule has 0 atom stereocenters. The number of hydrogen-bond donors (Lipinski definition) is 3. The van der Waals surface area contributed by atoms with Crippen molar-refractivity contribution >= 4 is 17.9 Å². The Kier molecular flexibility index (Phi) is 19.6. The maximum atomic E-state index is 11.5. The monoisotopic (exact) mass is 413 g/mol. The molecule has 0 fully saturated rings. The van der Waals surface area contributed by atoms with Crippen molar-refractivity contribution in [2.24, 2.45) is 0 Å². The molecule has 0 unspecified atom stereocenters. The summed E-state index contributed by atoms with van der Waals surface area (Å²) in [5, 5.41) is 8.15. The number of ether oxygens (including phenoxy) is 1. The number of hydrogen-bond acceptors (Lipinski definition) is 4. The number of amides is 3. The Morgan fingerprint density at radius 1 is 0.655 bits per heavy atom. The third kappa shape index (κ3) is 20.7. The molecule has 0 radical (unpaired) electrons. The van der Waals surface area contributed by atoms with Crippen LogP contribution in [0.15, 0.2) is 0 Å². The van der Waals surface area contributed by atoms with Crippen molar-refractivity contribution in [1.29, 1.82) is 0 Å². The number of esters is 1. The van der Waals surface area contributed by atoms with Crippen molar-refractivity contribution < 1.29 is 19.1 Å². The first-order valence-corrected chi connectivity index (χ1v) is 11.4. The molecule has 3 N–H and O–H groups in total. The minimum Gasteiger partial charge on any atom is -0.468 e. The summed E-state index contributed by atoms with van der Waals surface area (Å²) in [7, 11) is 1.31. The van der Waals surface area contributed by atoms with Gasteiger partial charge in [-0.2, -0.15) is 0 Å². The Balaban J connectivity index is 3.18. The molecule has 0 aromatic heterocycles. The highest BCUT2D eigenvalue weighted by Crippen LogP contribution is 2.12. The largest absolute Gasteiger partial charge is 0.468 e. The Labute approximate surface area is 177 Å². The third-order valence-electron chi connectivity index (χ3n) is 4.86. The molecule has 0 aliphatic heterocycles. The lowest BCUT2D eigenvalue weighted by Crippen LogP contribution is -2.35. The summed E-state index contributed by atoms with van der Waals surface area (Å²) < 4.78 is 4.48. The maximum Gasteiger partial charge on any atom is 0.325 e. The number of carbonyl (C=O) groups is 3. The fraction of sp³-hybridized carbons (Fsp3) is 0.864. The predicted molar refractivity (Wildman–Crippen MR) is 117 cm³/mol. The van der Waals surface area contributed by atoms with Crippen molar-refractivity contribution in [3.05, 3.63) is 0 Å². The van der Waals surface area contributed by atoms with Crippen LogP contribution < -0.4 is 16.0 Å². The van der Waals surface area contributed by atoms with Gasteiger partial charge in [0.05, 0.1) is 7.11 Å². The van der Waals surface area contributed by atoms with E-state index in [2.05, 4.69) is 20.7 Å². The van der Waals surface area contributed by atoms with E-state index in [0.29, 0.717) is 13.0 Å². The number of unbranched alkanes of at least 4 members (excludes halogenated alkanes) is 12. The smallest absolute Gasteiger partial charge is 0.325 e. The van der Waals surface area contributed by atoms with Gasteiger partial charge in [0.2, 0.25) is 5.91 Å². The molecule has 0 saturated carbocycles. The summed E-state index contributed by atoms with van der Waals surface area (Å²) in [4.78, 5) is 33.6. The van der Waals surface area contributed by atoms with Crippen LogP contribution in [0.4, 0.5) is 4.79 Å². The van der Waals surface area contributed by atoms with Crippen molar-refractivity contribution in [3.63, 3.8) is 0 Å². The van der Waals surface area contributed by atoms with Crippen LogP contribution in [0.3, 0.4) is 0 Å². The van der Waals surface area contributed by atoms with Gasteiger partial charge in [-0.15, -0.1) is 0 Å².